The lowest BCUT2D eigenvalue weighted by Gasteiger charge is -2.28. The number of carbonyl (C=O) groups is 1. The average molecular weight is 411 g/mol. The van der Waals surface area contributed by atoms with Crippen molar-refractivity contribution in [1.29, 1.82) is 0 Å². The summed E-state index contributed by atoms with van der Waals surface area (Å²) in [6.07, 6.45) is 4.99. The smallest absolute Gasteiger partial charge is 0.244 e. The molecule has 2 aliphatic rings. The third-order valence-corrected chi connectivity index (χ3v) is 4.89. The molecule has 1 aromatic carbocycles. The van der Waals surface area contributed by atoms with Gasteiger partial charge in [-0.15, -0.1) is 0 Å². The van der Waals surface area contributed by atoms with E-state index in [2.05, 4.69) is 15.2 Å². The van der Waals surface area contributed by atoms with Crippen LogP contribution in [0.5, 0.6) is 17.2 Å². The van der Waals surface area contributed by atoms with Crippen molar-refractivity contribution >= 4 is 17.8 Å². The van der Waals surface area contributed by atoms with Gasteiger partial charge in [0.1, 0.15) is 19.0 Å². The minimum Gasteiger partial charge on any atom is -0.493 e. The quantitative estimate of drug-likeness (QED) is 0.729. The Bertz CT molecular complexity index is 908. The van der Waals surface area contributed by atoms with Crippen LogP contribution in [0.3, 0.4) is 0 Å². The van der Waals surface area contributed by atoms with Crippen molar-refractivity contribution in [3.63, 3.8) is 0 Å². The van der Waals surface area contributed by atoms with Crippen molar-refractivity contribution in [3.05, 3.63) is 47.7 Å². The van der Waals surface area contributed by atoms with E-state index >= 15 is 0 Å². The van der Waals surface area contributed by atoms with Gasteiger partial charge in [-0.2, -0.15) is 0 Å². The van der Waals surface area contributed by atoms with Gasteiger partial charge in [0.25, 0.3) is 0 Å². The van der Waals surface area contributed by atoms with Gasteiger partial charge in [-0.25, -0.2) is 4.98 Å². The number of methoxy groups -OCH3 is 1. The normalized spacial score (nSPS) is 15.8. The van der Waals surface area contributed by atoms with Crippen LogP contribution in [0.2, 0.25) is 0 Å². The highest BCUT2D eigenvalue weighted by atomic mass is 16.6. The van der Waals surface area contributed by atoms with E-state index in [0.29, 0.717) is 50.2 Å². The molecule has 30 heavy (non-hydrogen) atoms. The number of nitrogens with one attached hydrogen (secondary N) is 1. The van der Waals surface area contributed by atoms with Crippen LogP contribution in [0, 0.1) is 0 Å². The molecule has 1 fully saturated rings. The van der Waals surface area contributed by atoms with Gasteiger partial charge < -0.3 is 29.2 Å². The number of anilines is 1. The van der Waals surface area contributed by atoms with Gasteiger partial charge in [0, 0.05) is 31.9 Å². The largest absolute Gasteiger partial charge is 0.493 e. The van der Waals surface area contributed by atoms with Crippen LogP contribution in [0.25, 0.3) is 6.08 Å². The van der Waals surface area contributed by atoms with E-state index in [1.807, 2.05) is 24.3 Å². The summed E-state index contributed by atoms with van der Waals surface area (Å²) >= 11 is 0. The number of amides is 1. The number of benzene rings is 1. The Balaban J connectivity index is 1.36. The zero-order valence-electron chi connectivity index (χ0n) is 16.9. The Morgan fingerprint density at radius 2 is 2.03 bits per heavy atom. The summed E-state index contributed by atoms with van der Waals surface area (Å²) < 4.78 is 22.0. The lowest BCUT2D eigenvalue weighted by Crippen LogP contribution is -2.36. The second-order valence-electron chi connectivity index (χ2n) is 6.92. The Morgan fingerprint density at radius 1 is 1.20 bits per heavy atom. The van der Waals surface area contributed by atoms with Gasteiger partial charge in [0.15, 0.2) is 11.5 Å². The van der Waals surface area contributed by atoms with Gasteiger partial charge in [-0.05, 0) is 41.5 Å². The molecule has 2 aromatic rings. The van der Waals surface area contributed by atoms with Crippen molar-refractivity contribution in [3.8, 4) is 17.2 Å². The summed E-state index contributed by atoms with van der Waals surface area (Å²) in [5.41, 5.74) is 1.79. The Hall–Kier alpha value is -3.26. The van der Waals surface area contributed by atoms with Crippen molar-refractivity contribution in [1.82, 2.24) is 10.3 Å². The predicted molar refractivity (Wildman–Crippen MR) is 112 cm³/mol. The number of pyridine rings is 1. The van der Waals surface area contributed by atoms with Crippen LogP contribution in [-0.2, 0) is 16.1 Å². The van der Waals surface area contributed by atoms with Crippen LogP contribution in [0.4, 0.5) is 5.82 Å². The molecule has 0 unspecified atom stereocenters. The molecule has 1 aromatic heterocycles. The van der Waals surface area contributed by atoms with Gasteiger partial charge >= 0.3 is 0 Å². The standard InChI is InChI=1S/C22H25N3O5/c1-27-18-12-16(13-19-22(18)30-11-10-29-19)2-3-21(26)24-15-17-4-5-23-20(14-17)25-6-8-28-9-7-25/h2-5,12-14H,6-11,15H2,1H3,(H,24,26)/b3-2+. The SMILES string of the molecule is COc1cc(/C=C/C(=O)NCc2ccnc(N3CCOCC3)c2)cc2c1OCCO2. The molecule has 0 saturated carbocycles. The molecular weight excluding hydrogens is 386 g/mol. The number of nitrogens with zero attached hydrogens (tertiary/aromatic N) is 2. The summed E-state index contributed by atoms with van der Waals surface area (Å²) in [5, 5.41) is 2.91. The molecule has 1 saturated heterocycles. The van der Waals surface area contributed by atoms with E-state index in [-0.39, 0.29) is 5.91 Å². The number of hydrogen-bond acceptors (Lipinski definition) is 7. The van der Waals surface area contributed by atoms with Crippen LogP contribution in [0.15, 0.2) is 36.5 Å². The van der Waals surface area contributed by atoms with E-state index < -0.39 is 0 Å². The van der Waals surface area contributed by atoms with Gasteiger partial charge in [-0.1, -0.05) is 0 Å². The molecule has 3 heterocycles. The molecule has 4 rings (SSSR count). The molecule has 0 spiro atoms. The highest BCUT2D eigenvalue weighted by Gasteiger charge is 2.18. The first-order valence-corrected chi connectivity index (χ1v) is 9.94. The van der Waals surface area contributed by atoms with Crippen LogP contribution in [0.1, 0.15) is 11.1 Å². The van der Waals surface area contributed by atoms with E-state index in [9.17, 15) is 4.79 Å². The zero-order chi connectivity index (χ0) is 20.8. The summed E-state index contributed by atoms with van der Waals surface area (Å²) in [4.78, 5) is 18.9. The van der Waals surface area contributed by atoms with Crippen molar-refractivity contribution in [2.24, 2.45) is 0 Å². The third-order valence-electron chi connectivity index (χ3n) is 4.89. The molecule has 2 aliphatic heterocycles. The Labute approximate surface area is 175 Å². The molecule has 1 N–H and O–H groups in total. The number of rotatable bonds is 6. The Kier molecular flexibility index (Phi) is 6.34. The van der Waals surface area contributed by atoms with Crippen molar-refractivity contribution < 1.29 is 23.7 Å². The molecule has 0 bridgehead atoms. The molecule has 0 radical (unpaired) electrons. The monoisotopic (exact) mass is 411 g/mol. The topological polar surface area (TPSA) is 82.2 Å². The fourth-order valence-electron chi connectivity index (χ4n) is 3.35. The first-order valence-electron chi connectivity index (χ1n) is 9.94. The first kappa shape index (κ1) is 20.0. The lowest BCUT2D eigenvalue weighted by atomic mass is 10.1. The first-order chi connectivity index (χ1) is 14.7. The zero-order valence-corrected chi connectivity index (χ0v) is 16.9. The van der Waals surface area contributed by atoms with E-state index in [0.717, 1.165) is 30.0 Å². The fraction of sp³-hybridized carbons (Fsp3) is 0.364. The van der Waals surface area contributed by atoms with Gasteiger partial charge in [-0.3, -0.25) is 4.79 Å². The number of carbonyl (C=O) groups excluding carboxylic acids is 1. The van der Waals surface area contributed by atoms with Crippen molar-refractivity contribution in [2.75, 3.05) is 51.5 Å². The van der Waals surface area contributed by atoms with Gasteiger partial charge in [0.05, 0.1) is 20.3 Å². The molecule has 158 valence electrons. The fourth-order valence-corrected chi connectivity index (χ4v) is 3.35. The van der Waals surface area contributed by atoms with Gasteiger partial charge in [0.2, 0.25) is 11.7 Å². The van der Waals surface area contributed by atoms with Crippen LogP contribution >= 0.6 is 0 Å². The predicted octanol–water partition coefficient (Wildman–Crippen LogP) is 2.03. The number of ether oxygens (including phenoxy) is 4. The summed E-state index contributed by atoms with van der Waals surface area (Å²) in [7, 11) is 1.58. The number of hydrogen-bond donors (Lipinski definition) is 1. The highest BCUT2D eigenvalue weighted by molar-refractivity contribution is 5.91. The maximum atomic E-state index is 12.3. The molecular formula is C22H25N3O5. The number of aromatic nitrogens is 1. The second kappa shape index (κ2) is 9.49. The summed E-state index contributed by atoms with van der Waals surface area (Å²) in [6.45, 7) is 4.46. The van der Waals surface area contributed by atoms with E-state index in [4.69, 9.17) is 18.9 Å². The Morgan fingerprint density at radius 3 is 2.87 bits per heavy atom. The highest BCUT2D eigenvalue weighted by Crippen LogP contribution is 2.40. The maximum absolute atomic E-state index is 12.3. The molecule has 1 amide bonds. The minimum atomic E-state index is -0.186. The van der Waals surface area contributed by atoms with Crippen LogP contribution in [-0.4, -0.2) is 57.5 Å². The third kappa shape index (κ3) is 4.83. The summed E-state index contributed by atoms with van der Waals surface area (Å²) in [5.74, 6) is 2.52. The van der Waals surface area contributed by atoms with E-state index in [1.54, 1.807) is 19.4 Å². The number of morpholine rings is 1. The average Bonchev–Trinajstić information content (AvgIpc) is 2.81. The maximum Gasteiger partial charge on any atom is 0.244 e. The molecule has 0 atom stereocenters. The summed E-state index contributed by atoms with van der Waals surface area (Å²) in [6, 6.07) is 7.55. The second-order valence-corrected chi connectivity index (χ2v) is 6.92. The minimum absolute atomic E-state index is 0.186. The van der Waals surface area contributed by atoms with Crippen LogP contribution < -0.4 is 24.4 Å². The van der Waals surface area contributed by atoms with E-state index in [1.165, 1.54) is 6.08 Å². The number of fused-ring (bicyclic) bond motifs is 1. The van der Waals surface area contributed by atoms with Crippen molar-refractivity contribution in [2.45, 2.75) is 6.54 Å². The molecule has 8 heteroatoms. The molecule has 8 nitrogen and oxygen atoms in total. The lowest BCUT2D eigenvalue weighted by molar-refractivity contribution is -0.116. The molecule has 0 aliphatic carbocycles.